The number of ether oxygens (including phenoxy) is 1. The van der Waals surface area contributed by atoms with E-state index in [0.717, 1.165) is 12.8 Å². The zero-order chi connectivity index (χ0) is 27.0. The van der Waals surface area contributed by atoms with Gasteiger partial charge in [-0.2, -0.15) is 0 Å². The number of hydrogen-bond donors (Lipinski definition) is 4. The van der Waals surface area contributed by atoms with Crippen LogP contribution in [0.3, 0.4) is 0 Å². The summed E-state index contributed by atoms with van der Waals surface area (Å²) in [5.74, 6) is 0.191. The summed E-state index contributed by atoms with van der Waals surface area (Å²) in [7, 11) is 0. The molecule has 2 aliphatic carbocycles. The highest BCUT2D eigenvalue weighted by molar-refractivity contribution is 6.09. The van der Waals surface area contributed by atoms with Crippen LogP contribution in [-0.4, -0.2) is 56.7 Å². The van der Waals surface area contributed by atoms with Gasteiger partial charge >= 0.3 is 0 Å². The number of aromatic nitrogens is 3. The van der Waals surface area contributed by atoms with Crippen LogP contribution in [0.25, 0.3) is 22.3 Å². The number of fused-ring (bicyclic) bond motifs is 1. The molecule has 9 nitrogen and oxygen atoms in total. The molecule has 2 aromatic heterocycles. The molecule has 0 unspecified atom stereocenters. The van der Waals surface area contributed by atoms with E-state index >= 15 is 0 Å². The van der Waals surface area contributed by atoms with Crippen LogP contribution in [-0.2, 0) is 4.79 Å². The first-order valence-electron chi connectivity index (χ1n) is 13.3. The van der Waals surface area contributed by atoms with Crippen LogP contribution in [0.1, 0.15) is 62.0 Å². The fourth-order valence-corrected chi connectivity index (χ4v) is 5.21. The second-order valence-corrected chi connectivity index (χ2v) is 10.7. The van der Waals surface area contributed by atoms with Crippen LogP contribution in [0.5, 0.6) is 5.75 Å². The predicted octanol–water partition coefficient (Wildman–Crippen LogP) is 3.65. The second-order valence-electron chi connectivity index (χ2n) is 10.7. The first-order valence-corrected chi connectivity index (χ1v) is 13.3. The molecule has 0 radical (unpaired) electrons. The maximum atomic E-state index is 14.3. The van der Waals surface area contributed by atoms with Crippen molar-refractivity contribution in [2.45, 2.75) is 71.1 Å². The molecule has 5 rings (SSSR count). The van der Waals surface area contributed by atoms with E-state index < -0.39 is 11.9 Å². The maximum Gasteiger partial charge on any atom is 0.255 e. The van der Waals surface area contributed by atoms with E-state index in [4.69, 9.17) is 4.74 Å². The molecule has 2 amide bonds. The number of carbonyl (C=O) groups is 2. The predicted molar refractivity (Wildman–Crippen MR) is 140 cm³/mol. The van der Waals surface area contributed by atoms with Crippen molar-refractivity contribution in [1.82, 2.24) is 25.6 Å². The van der Waals surface area contributed by atoms with Gasteiger partial charge in [0.15, 0.2) is 0 Å². The standard InChI is InChI=1S/C28H34FN5O4/c1-14-10-19(7-8-21(14)34-27(36)16(3)35)33-28(37)23-15(2)32-26-24(30-13-31-25(23)26)20-11-18(29)6-9-22(20)38-12-17-4-5-17/h6,9,11,13-14,16-17,19,21,32,35H,4-5,7-8,10,12H2,1-3H3,(H,33,37)(H,34,36)/t14-,16+,19-,21+/m1/s1. The summed E-state index contributed by atoms with van der Waals surface area (Å²) in [5.41, 5.74) is 3.08. The molecule has 1 aromatic carbocycles. The van der Waals surface area contributed by atoms with Crippen molar-refractivity contribution < 1.29 is 23.8 Å². The number of aromatic amines is 1. The summed E-state index contributed by atoms with van der Waals surface area (Å²) in [4.78, 5) is 37.4. The topological polar surface area (TPSA) is 129 Å². The molecule has 202 valence electrons. The first-order chi connectivity index (χ1) is 18.2. The van der Waals surface area contributed by atoms with Gasteiger partial charge in [0, 0.05) is 23.3 Å². The number of H-pyrrole nitrogens is 1. The number of amides is 2. The number of halogens is 1. The lowest BCUT2D eigenvalue weighted by atomic mass is 9.82. The Balaban J connectivity index is 1.36. The SMILES string of the molecule is Cc1[nH]c2c(-c3cc(F)ccc3OCC3CC3)ncnc2c1C(=O)N[C@@H]1CC[C@H](NC(=O)[C@H](C)O)[C@H](C)C1. The number of aliphatic hydroxyl groups is 1. The lowest BCUT2D eigenvalue weighted by Gasteiger charge is -2.35. The Labute approximate surface area is 220 Å². The summed E-state index contributed by atoms with van der Waals surface area (Å²) < 4.78 is 20.3. The Morgan fingerprint density at radius 2 is 2.00 bits per heavy atom. The van der Waals surface area contributed by atoms with Crippen molar-refractivity contribution in [3.8, 4) is 17.0 Å². The van der Waals surface area contributed by atoms with Crippen molar-refractivity contribution >= 4 is 22.8 Å². The number of carbonyl (C=O) groups excluding carboxylic acids is 2. The summed E-state index contributed by atoms with van der Waals surface area (Å²) in [6, 6.07) is 4.28. The number of rotatable bonds is 8. The number of aliphatic hydroxyl groups excluding tert-OH is 1. The Bertz CT molecular complexity index is 1350. The molecule has 4 N–H and O–H groups in total. The minimum atomic E-state index is -1.05. The number of hydrogen-bond acceptors (Lipinski definition) is 6. The Morgan fingerprint density at radius 1 is 1.21 bits per heavy atom. The van der Waals surface area contributed by atoms with Crippen LogP contribution in [0.4, 0.5) is 4.39 Å². The summed E-state index contributed by atoms with van der Waals surface area (Å²) in [5, 5.41) is 15.5. The van der Waals surface area contributed by atoms with Gasteiger partial charge in [0.05, 0.1) is 17.7 Å². The van der Waals surface area contributed by atoms with Crippen molar-refractivity contribution in [3.63, 3.8) is 0 Å². The van der Waals surface area contributed by atoms with E-state index in [9.17, 15) is 19.1 Å². The summed E-state index contributed by atoms with van der Waals surface area (Å²) in [6.07, 6.45) is 4.71. The first kappa shape index (κ1) is 26.1. The van der Waals surface area contributed by atoms with E-state index in [1.54, 1.807) is 6.07 Å². The Kier molecular flexibility index (Phi) is 7.34. The van der Waals surface area contributed by atoms with E-state index in [1.165, 1.54) is 25.4 Å². The molecule has 0 aliphatic heterocycles. The molecule has 4 atom stereocenters. The van der Waals surface area contributed by atoms with Gasteiger partial charge in [-0.15, -0.1) is 0 Å². The maximum absolute atomic E-state index is 14.3. The molecular weight excluding hydrogens is 489 g/mol. The molecule has 10 heteroatoms. The molecule has 0 spiro atoms. The number of nitrogens with zero attached hydrogens (tertiary/aromatic N) is 2. The number of benzene rings is 1. The van der Waals surface area contributed by atoms with Crippen molar-refractivity contribution in [1.29, 1.82) is 0 Å². The normalized spacial score (nSPS) is 22.2. The highest BCUT2D eigenvalue weighted by Gasteiger charge is 2.31. The van der Waals surface area contributed by atoms with Crippen LogP contribution in [0.2, 0.25) is 0 Å². The average Bonchev–Trinajstić information content (AvgIpc) is 3.64. The third-order valence-electron chi connectivity index (χ3n) is 7.58. The monoisotopic (exact) mass is 523 g/mol. The molecule has 2 fully saturated rings. The molecule has 2 aliphatic rings. The highest BCUT2D eigenvalue weighted by Crippen LogP contribution is 2.37. The molecule has 38 heavy (non-hydrogen) atoms. The third-order valence-corrected chi connectivity index (χ3v) is 7.58. The Morgan fingerprint density at radius 3 is 2.71 bits per heavy atom. The lowest BCUT2D eigenvalue weighted by molar-refractivity contribution is -0.129. The second kappa shape index (κ2) is 10.7. The highest BCUT2D eigenvalue weighted by atomic mass is 19.1. The smallest absolute Gasteiger partial charge is 0.255 e. The van der Waals surface area contributed by atoms with Gasteiger partial charge in [0.1, 0.15) is 35.2 Å². The van der Waals surface area contributed by atoms with Crippen molar-refractivity contribution in [2.75, 3.05) is 6.61 Å². The van der Waals surface area contributed by atoms with Crippen molar-refractivity contribution in [2.24, 2.45) is 11.8 Å². The van der Waals surface area contributed by atoms with E-state index in [-0.39, 0.29) is 29.8 Å². The van der Waals surface area contributed by atoms with Gasteiger partial charge in [0.25, 0.3) is 5.91 Å². The van der Waals surface area contributed by atoms with Crippen LogP contribution < -0.4 is 15.4 Å². The van der Waals surface area contributed by atoms with Gasteiger partial charge in [0.2, 0.25) is 5.91 Å². The van der Waals surface area contributed by atoms with E-state index in [1.807, 2.05) is 13.8 Å². The molecule has 0 saturated heterocycles. The van der Waals surface area contributed by atoms with E-state index in [2.05, 4.69) is 25.6 Å². The van der Waals surface area contributed by atoms with Crippen LogP contribution in [0.15, 0.2) is 24.5 Å². The average molecular weight is 524 g/mol. The van der Waals surface area contributed by atoms with Gasteiger partial charge in [-0.25, -0.2) is 14.4 Å². The fourth-order valence-electron chi connectivity index (χ4n) is 5.21. The van der Waals surface area contributed by atoms with Gasteiger partial charge < -0.3 is 25.5 Å². The molecule has 0 bridgehead atoms. The largest absolute Gasteiger partial charge is 0.493 e. The molecular formula is C28H34FN5O4. The lowest BCUT2D eigenvalue weighted by Crippen LogP contribution is -2.49. The minimum absolute atomic E-state index is 0.0435. The van der Waals surface area contributed by atoms with Crippen LogP contribution >= 0.6 is 0 Å². The summed E-state index contributed by atoms with van der Waals surface area (Å²) >= 11 is 0. The Hall–Kier alpha value is -3.53. The van der Waals surface area contributed by atoms with Gasteiger partial charge in [-0.3, -0.25) is 9.59 Å². The number of nitrogens with one attached hydrogen (secondary N) is 3. The molecule has 2 heterocycles. The third kappa shape index (κ3) is 5.50. The molecule has 3 aromatic rings. The fraction of sp³-hybridized carbons (Fsp3) is 0.500. The zero-order valence-corrected chi connectivity index (χ0v) is 21.9. The quantitative estimate of drug-likeness (QED) is 0.357. The van der Waals surface area contributed by atoms with Crippen molar-refractivity contribution in [3.05, 3.63) is 41.6 Å². The number of aryl methyl sites for hydroxylation is 1. The van der Waals surface area contributed by atoms with E-state index in [0.29, 0.717) is 71.1 Å². The minimum Gasteiger partial charge on any atom is -0.493 e. The van der Waals surface area contributed by atoms with Gasteiger partial charge in [-0.1, -0.05) is 6.92 Å². The van der Waals surface area contributed by atoms with Crippen LogP contribution in [0, 0.1) is 24.6 Å². The zero-order valence-electron chi connectivity index (χ0n) is 21.9. The summed E-state index contributed by atoms with van der Waals surface area (Å²) in [6.45, 7) is 5.86. The van der Waals surface area contributed by atoms with Gasteiger partial charge in [-0.05, 0) is 76.0 Å². The molecule has 2 saturated carbocycles.